The molecular weight excluding hydrogens is 260 g/mol. The molecule has 1 aromatic carbocycles. The van der Waals surface area contributed by atoms with Crippen molar-refractivity contribution in [3.05, 3.63) is 23.8 Å². The Morgan fingerprint density at radius 3 is 2.63 bits per heavy atom. The van der Waals surface area contributed by atoms with Crippen molar-refractivity contribution in [3.63, 3.8) is 0 Å². The summed E-state index contributed by atoms with van der Waals surface area (Å²) in [6, 6.07) is 5.27. The number of hydrogen-bond acceptors (Lipinski definition) is 3. The number of nitrogens with two attached hydrogens (primary N) is 1. The van der Waals surface area contributed by atoms with E-state index in [2.05, 4.69) is 0 Å². The van der Waals surface area contributed by atoms with Gasteiger partial charge < -0.3 is 10.6 Å². The van der Waals surface area contributed by atoms with Gasteiger partial charge >= 0.3 is 0 Å². The Labute approximate surface area is 116 Å². The Balaban J connectivity index is 2.02. The van der Waals surface area contributed by atoms with Crippen LogP contribution in [0, 0.1) is 6.92 Å². The van der Waals surface area contributed by atoms with E-state index < -0.39 is 10.8 Å². The van der Waals surface area contributed by atoms with Gasteiger partial charge in [-0.05, 0) is 49.9 Å². The van der Waals surface area contributed by atoms with Crippen LogP contribution < -0.4 is 5.73 Å². The molecule has 0 spiro atoms. The van der Waals surface area contributed by atoms with E-state index in [1.165, 1.54) is 6.42 Å². The Kier molecular flexibility index (Phi) is 4.58. The van der Waals surface area contributed by atoms with Gasteiger partial charge in [-0.15, -0.1) is 0 Å². The normalized spacial score (nSPS) is 17.2. The number of aryl methyl sites for hydroxylation is 1. The number of carbonyl (C=O) groups is 1. The molecule has 1 unspecified atom stereocenters. The van der Waals surface area contributed by atoms with Crippen LogP contribution in [0.25, 0.3) is 0 Å². The molecule has 0 aromatic heterocycles. The molecule has 1 amide bonds. The fourth-order valence-corrected chi connectivity index (χ4v) is 3.55. The third-order valence-electron chi connectivity index (χ3n) is 3.41. The molecule has 1 aromatic rings. The molecule has 5 heteroatoms. The minimum Gasteiger partial charge on any atom is -0.399 e. The highest BCUT2D eigenvalue weighted by molar-refractivity contribution is 7.85. The van der Waals surface area contributed by atoms with Crippen molar-refractivity contribution in [1.29, 1.82) is 0 Å². The van der Waals surface area contributed by atoms with Crippen molar-refractivity contribution < 1.29 is 9.00 Å². The van der Waals surface area contributed by atoms with Crippen LogP contribution in [0.1, 0.15) is 24.8 Å². The van der Waals surface area contributed by atoms with Crippen molar-refractivity contribution in [1.82, 2.24) is 4.90 Å². The van der Waals surface area contributed by atoms with E-state index in [-0.39, 0.29) is 11.7 Å². The molecule has 0 aliphatic carbocycles. The van der Waals surface area contributed by atoms with Crippen LogP contribution in [0.4, 0.5) is 5.69 Å². The molecule has 1 heterocycles. The van der Waals surface area contributed by atoms with Gasteiger partial charge in [0.1, 0.15) is 5.75 Å². The molecule has 0 saturated carbocycles. The number of likely N-dealkylation sites (tertiary alicyclic amines) is 1. The maximum Gasteiger partial charge on any atom is 0.235 e. The number of carbonyl (C=O) groups excluding carboxylic acids is 1. The van der Waals surface area contributed by atoms with Crippen LogP contribution in [0.5, 0.6) is 0 Å². The summed E-state index contributed by atoms with van der Waals surface area (Å²) in [6.07, 6.45) is 3.29. The van der Waals surface area contributed by atoms with Crippen molar-refractivity contribution in [3.8, 4) is 0 Å². The molecule has 19 heavy (non-hydrogen) atoms. The van der Waals surface area contributed by atoms with Gasteiger partial charge in [0.15, 0.2) is 0 Å². The Morgan fingerprint density at radius 2 is 2.00 bits per heavy atom. The fourth-order valence-electron chi connectivity index (χ4n) is 2.35. The van der Waals surface area contributed by atoms with E-state index in [4.69, 9.17) is 5.73 Å². The number of benzene rings is 1. The second-order valence-electron chi connectivity index (χ2n) is 4.96. The first kappa shape index (κ1) is 14.1. The van der Waals surface area contributed by atoms with E-state index in [0.29, 0.717) is 10.6 Å². The molecule has 0 bridgehead atoms. The molecule has 1 aliphatic heterocycles. The van der Waals surface area contributed by atoms with Gasteiger partial charge in [-0.25, -0.2) is 0 Å². The zero-order valence-corrected chi connectivity index (χ0v) is 12.0. The van der Waals surface area contributed by atoms with E-state index in [9.17, 15) is 9.00 Å². The summed E-state index contributed by atoms with van der Waals surface area (Å²) in [4.78, 5) is 14.6. The summed E-state index contributed by atoms with van der Waals surface area (Å²) in [5.41, 5.74) is 7.20. The Bertz CT molecular complexity index is 496. The van der Waals surface area contributed by atoms with Gasteiger partial charge in [0.25, 0.3) is 0 Å². The van der Waals surface area contributed by atoms with Gasteiger partial charge in [0, 0.05) is 23.7 Å². The largest absolute Gasteiger partial charge is 0.399 e. The van der Waals surface area contributed by atoms with Gasteiger partial charge in [-0.1, -0.05) is 0 Å². The first-order valence-corrected chi connectivity index (χ1v) is 7.92. The van der Waals surface area contributed by atoms with E-state index in [0.717, 1.165) is 31.5 Å². The maximum absolute atomic E-state index is 12.3. The van der Waals surface area contributed by atoms with Crippen molar-refractivity contribution in [2.24, 2.45) is 0 Å². The van der Waals surface area contributed by atoms with Crippen LogP contribution in [0.2, 0.25) is 0 Å². The first-order valence-electron chi connectivity index (χ1n) is 6.60. The summed E-state index contributed by atoms with van der Waals surface area (Å²) < 4.78 is 12.3. The fraction of sp³-hybridized carbons (Fsp3) is 0.500. The average Bonchev–Trinajstić information content (AvgIpc) is 2.39. The van der Waals surface area contributed by atoms with Gasteiger partial charge in [-0.2, -0.15) is 0 Å². The number of hydrogen-bond donors (Lipinski definition) is 1. The molecule has 2 N–H and O–H groups in total. The van der Waals surface area contributed by atoms with Crippen LogP contribution in [-0.4, -0.2) is 33.9 Å². The predicted molar refractivity (Wildman–Crippen MR) is 77.3 cm³/mol. The van der Waals surface area contributed by atoms with Crippen LogP contribution >= 0.6 is 0 Å². The molecule has 104 valence electrons. The highest BCUT2D eigenvalue weighted by atomic mass is 32.2. The molecule has 2 rings (SSSR count). The highest BCUT2D eigenvalue weighted by Gasteiger charge is 2.20. The van der Waals surface area contributed by atoms with Crippen LogP contribution in [0.15, 0.2) is 23.1 Å². The lowest BCUT2D eigenvalue weighted by atomic mass is 10.1. The summed E-state index contributed by atoms with van der Waals surface area (Å²) in [7, 11) is -1.28. The monoisotopic (exact) mass is 280 g/mol. The van der Waals surface area contributed by atoms with Crippen LogP contribution in [0.3, 0.4) is 0 Å². The van der Waals surface area contributed by atoms with Crippen molar-refractivity contribution in [2.75, 3.05) is 24.6 Å². The molecule has 1 aliphatic rings. The number of nitrogen functional groups attached to an aromatic ring is 1. The lowest BCUT2D eigenvalue weighted by molar-refractivity contribution is -0.129. The number of nitrogens with zero attached hydrogens (tertiary/aromatic N) is 1. The number of amides is 1. The zero-order chi connectivity index (χ0) is 13.8. The molecular formula is C14H20N2O2S. The second kappa shape index (κ2) is 6.19. The average molecular weight is 280 g/mol. The lowest BCUT2D eigenvalue weighted by Crippen LogP contribution is -2.38. The third-order valence-corrected chi connectivity index (χ3v) is 4.87. The lowest BCUT2D eigenvalue weighted by Gasteiger charge is -2.26. The van der Waals surface area contributed by atoms with Crippen molar-refractivity contribution >= 4 is 22.4 Å². The predicted octanol–water partition coefficient (Wildman–Crippen LogP) is 1.70. The van der Waals surface area contributed by atoms with Crippen LogP contribution in [-0.2, 0) is 15.6 Å². The maximum atomic E-state index is 12.3. The Hall–Kier alpha value is -1.36. The molecule has 1 atom stereocenters. The standard InChI is InChI=1S/C14H20N2O2S/c1-11-9-12(15)5-6-13(11)19(18)10-14(17)16-7-3-2-4-8-16/h5-6,9H,2-4,7-8,10,15H2,1H3. The van der Waals surface area contributed by atoms with E-state index in [1.807, 2.05) is 11.8 Å². The highest BCUT2D eigenvalue weighted by Crippen LogP contribution is 2.17. The number of rotatable bonds is 3. The quantitative estimate of drug-likeness (QED) is 0.857. The second-order valence-corrected chi connectivity index (χ2v) is 6.38. The van der Waals surface area contributed by atoms with Gasteiger partial charge in [-0.3, -0.25) is 9.00 Å². The summed E-state index contributed by atoms with van der Waals surface area (Å²) in [5.74, 6) is 0.0688. The zero-order valence-electron chi connectivity index (χ0n) is 11.2. The molecule has 0 radical (unpaired) electrons. The van der Waals surface area contributed by atoms with E-state index in [1.54, 1.807) is 18.2 Å². The number of anilines is 1. The summed E-state index contributed by atoms with van der Waals surface area (Å²) >= 11 is 0. The molecule has 4 nitrogen and oxygen atoms in total. The summed E-state index contributed by atoms with van der Waals surface area (Å²) in [6.45, 7) is 3.47. The topological polar surface area (TPSA) is 63.4 Å². The van der Waals surface area contributed by atoms with Crippen molar-refractivity contribution in [2.45, 2.75) is 31.1 Å². The van der Waals surface area contributed by atoms with Gasteiger partial charge in [0.05, 0.1) is 10.8 Å². The minimum atomic E-state index is -1.28. The van der Waals surface area contributed by atoms with E-state index >= 15 is 0 Å². The third kappa shape index (κ3) is 3.56. The number of piperidine rings is 1. The smallest absolute Gasteiger partial charge is 0.235 e. The minimum absolute atomic E-state index is 0.00532. The summed E-state index contributed by atoms with van der Waals surface area (Å²) in [5, 5.41) is 0. The molecule has 1 fully saturated rings. The first-order chi connectivity index (χ1) is 9.08. The Morgan fingerprint density at radius 1 is 1.32 bits per heavy atom. The van der Waals surface area contributed by atoms with Gasteiger partial charge in [0.2, 0.25) is 5.91 Å². The molecule has 1 saturated heterocycles. The SMILES string of the molecule is Cc1cc(N)ccc1S(=O)CC(=O)N1CCCCC1.